The number of carbonyl (C=O) groups excluding carboxylic acids is 2. The van der Waals surface area contributed by atoms with E-state index in [-0.39, 0.29) is 36.2 Å². The van der Waals surface area contributed by atoms with Crippen molar-refractivity contribution in [1.82, 2.24) is 10.2 Å². The van der Waals surface area contributed by atoms with Crippen LogP contribution < -0.4 is 5.32 Å². The first-order chi connectivity index (χ1) is 15.8. The number of ether oxygens (including phenoxy) is 1. The first-order valence-electron chi connectivity index (χ1n) is 11.3. The predicted octanol–water partition coefficient (Wildman–Crippen LogP) is 3.48. The zero-order valence-electron chi connectivity index (χ0n) is 19.3. The van der Waals surface area contributed by atoms with Crippen LogP contribution >= 0.6 is 11.8 Å². The average molecular weight is 473 g/mol. The number of thioether (sulfide) groups is 1. The van der Waals surface area contributed by atoms with Crippen molar-refractivity contribution in [2.24, 2.45) is 5.92 Å². The van der Waals surface area contributed by atoms with Crippen LogP contribution in [0.3, 0.4) is 0 Å². The molecule has 33 heavy (non-hydrogen) atoms. The Morgan fingerprint density at radius 2 is 1.94 bits per heavy atom. The van der Waals surface area contributed by atoms with Gasteiger partial charge in [-0.1, -0.05) is 50.2 Å². The lowest BCUT2D eigenvalue weighted by Gasteiger charge is -2.27. The van der Waals surface area contributed by atoms with E-state index in [1.807, 2.05) is 44.2 Å². The molecule has 1 fully saturated rings. The molecule has 2 N–H and O–H groups in total. The quantitative estimate of drug-likeness (QED) is 0.540. The van der Waals surface area contributed by atoms with Crippen molar-refractivity contribution in [2.45, 2.75) is 44.5 Å². The third-order valence-electron chi connectivity index (χ3n) is 5.61. The zero-order valence-corrected chi connectivity index (χ0v) is 20.1. The Hall–Kier alpha value is -2.58. The van der Waals surface area contributed by atoms with Crippen molar-refractivity contribution < 1.29 is 24.2 Å². The minimum Gasteiger partial charge on any atom is -0.480 e. The number of carboxylic acids is 1. The number of benzene rings is 2. The number of hydrogen-bond donors (Lipinski definition) is 2. The number of aliphatic carboxylic acids is 1. The van der Waals surface area contributed by atoms with Gasteiger partial charge in [0.2, 0.25) is 5.91 Å². The summed E-state index contributed by atoms with van der Waals surface area (Å²) in [5.41, 5.74) is 1.05. The van der Waals surface area contributed by atoms with Gasteiger partial charge in [-0.25, -0.2) is 0 Å². The summed E-state index contributed by atoms with van der Waals surface area (Å²) in [5, 5.41) is 14.8. The highest BCUT2D eigenvalue weighted by molar-refractivity contribution is 7.99. The molecule has 178 valence electrons. The number of carbonyl (C=O) groups is 3. The molecule has 1 heterocycles. The molecule has 0 aliphatic carbocycles. The SMILES string of the molecule is CCOC(=O)C(CC(C)C)NC1CSC(c2ccc3ccccc3c2)CN(CC(=O)O)C1=O. The highest BCUT2D eigenvalue weighted by Crippen LogP contribution is 2.35. The molecule has 0 bridgehead atoms. The van der Waals surface area contributed by atoms with Gasteiger partial charge in [-0.2, -0.15) is 0 Å². The molecular weight excluding hydrogens is 440 g/mol. The maximum absolute atomic E-state index is 13.3. The van der Waals surface area contributed by atoms with E-state index >= 15 is 0 Å². The van der Waals surface area contributed by atoms with Crippen LogP contribution in [0, 0.1) is 5.92 Å². The fourth-order valence-corrected chi connectivity index (χ4v) is 5.36. The van der Waals surface area contributed by atoms with E-state index in [0.717, 1.165) is 16.3 Å². The molecular formula is C25H32N2O5S. The predicted molar refractivity (Wildman–Crippen MR) is 130 cm³/mol. The van der Waals surface area contributed by atoms with Crippen LogP contribution in [-0.4, -0.2) is 65.4 Å². The summed E-state index contributed by atoms with van der Waals surface area (Å²) >= 11 is 1.60. The first-order valence-corrected chi connectivity index (χ1v) is 12.4. The normalized spacial score (nSPS) is 20.0. The maximum atomic E-state index is 13.3. The molecule has 1 saturated heterocycles. The van der Waals surface area contributed by atoms with Crippen molar-refractivity contribution in [3.8, 4) is 0 Å². The third kappa shape index (κ3) is 6.71. The average Bonchev–Trinajstić information content (AvgIpc) is 2.92. The molecule has 1 aliphatic heterocycles. The van der Waals surface area contributed by atoms with Gasteiger partial charge in [-0.15, -0.1) is 11.8 Å². The second-order valence-corrected chi connectivity index (χ2v) is 9.93. The lowest BCUT2D eigenvalue weighted by atomic mass is 10.0. The van der Waals surface area contributed by atoms with E-state index in [1.54, 1.807) is 18.7 Å². The van der Waals surface area contributed by atoms with Gasteiger partial charge in [-0.05, 0) is 41.7 Å². The van der Waals surface area contributed by atoms with Gasteiger partial charge >= 0.3 is 11.9 Å². The smallest absolute Gasteiger partial charge is 0.323 e. The molecule has 8 heteroatoms. The molecule has 2 aromatic carbocycles. The highest BCUT2D eigenvalue weighted by Gasteiger charge is 2.36. The number of nitrogens with one attached hydrogen (secondary N) is 1. The molecule has 0 aromatic heterocycles. The number of amides is 1. The molecule has 3 atom stereocenters. The Labute approximate surface area is 198 Å². The van der Waals surface area contributed by atoms with E-state index in [2.05, 4.69) is 17.4 Å². The minimum atomic E-state index is -1.06. The molecule has 1 aliphatic rings. The monoisotopic (exact) mass is 472 g/mol. The van der Waals surface area contributed by atoms with Crippen molar-refractivity contribution in [1.29, 1.82) is 0 Å². The highest BCUT2D eigenvalue weighted by atomic mass is 32.2. The van der Waals surface area contributed by atoms with E-state index in [1.165, 1.54) is 4.90 Å². The summed E-state index contributed by atoms with van der Waals surface area (Å²) in [5.74, 6) is -1.09. The Morgan fingerprint density at radius 3 is 2.61 bits per heavy atom. The lowest BCUT2D eigenvalue weighted by Crippen LogP contribution is -2.54. The van der Waals surface area contributed by atoms with Crippen LogP contribution in [0.4, 0.5) is 0 Å². The Kier molecular flexibility index (Phi) is 8.74. The fraction of sp³-hybridized carbons (Fsp3) is 0.480. The summed E-state index contributed by atoms with van der Waals surface area (Å²) in [4.78, 5) is 38.7. The molecule has 3 unspecified atom stereocenters. The van der Waals surface area contributed by atoms with Gasteiger partial charge in [0.05, 0.1) is 12.6 Å². The fourth-order valence-electron chi connectivity index (χ4n) is 4.07. The summed E-state index contributed by atoms with van der Waals surface area (Å²) in [6.45, 7) is 5.93. The number of fused-ring (bicyclic) bond motifs is 1. The Balaban J connectivity index is 1.85. The van der Waals surface area contributed by atoms with Crippen LogP contribution in [0.2, 0.25) is 0 Å². The second-order valence-electron chi connectivity index (χ2n) is 8.69. The topological polar surface area (TPSA) is 95.9 Å². The van der Waals surface area contributed by atoms with Crippen LogP contribution in [0.25, 0.3) is 10.8 Å². The van der Waals surface area contributed by atoms with Gasteiger partial charge in [-0.3, -0.25) is 19.7 Å². The number of hydrogen-bond acceptors (Lipinski definition) is 6. The van der Waals surface area contributed by atoms with Crippen molar-refractivity contribution in [3.63, 3.8) is 0 Å². The first kappa shape index (κ1) is 25.1. The summed E-state index contributed by atoms with van der Waals surface area (Å²) in [6.07, 6.45) is 0.528. The summed E-state index contributed by atoms with van der Waals surface area (Å²) in [7, 11) is 0. The van der Waals surface area contributed by atoms with Crippen LogP contribution in [0.1, 0.15) is 38.0 Å². The molecule has 0 radical (unpaired) electrons. The Morgan fingerprint density at radius 1 is 1.21 bits per heavy atom. The standard InChI is InChI=1S/C25H32N2O5S/c1-4-32-25(31)20(11-16(2)3)26-21-15-33-22(13-27(24(21)30)14-23(28)29)19-10-9-17-7-5-6-8-18(17)12-19/h5-10,12,16,20-22,26H,4,11,13-15H2,1-3H3,(H,28,29). The number of nitrogens with zero attached hydrogens (tertiary/aromatic N) is 1. The van der Waals surface area contributed by atoms with Gasteiger partial charge in [0.25, 0.3) is 0 Å². The molecule has 1 amide bonds. The minimum absolute atomic E-state index is 0.0733. The molecule has 3 rings (SSSR count). The zero-order chi connectivity index (χ0) is 24.0. The molecule has 7 nitrogen and oxygen atoms in total. The molecule has 0 saturated carbocycles. The number of carboxylic acid groups (broad SMARTS) is 1. The Bertz CT molecular complexity index is 996. The van der Waals surface area contributed by atoms with Crippen LogP contribution in [0.5, 0.6) is 0 Å². The lowest BCUT2D eigenvalue weighted by molar-refractivity contribution is -0.148. The van der Waals surface area contributed by atoms with Gasteiger partial charge < -0.3 is 14.7 Å². The van der Waals surface area contributed by atoms with Crippen molar-refractivity contribution >= 4 is 40.4 Å². The van der Waals surface area contributed by atoms with E-state index < -0.39 is 18.1 Å². The molecule has 0 spiro atoms. The largest absolute Gasteiger partial charge is 0.480 e. The van der Waals surface area contributed by atoms with E-state index in [9.17, 15) is 19.5 Å². The van der Waals surface area contributed by atoms with Crippen LogP contribution in [-0.2, 0) is 19.1 Å². The van der Waals surface area contributed by atoms with E-state index in [4.69, 9.17) is 4.74 Å². The maximum Gasteiger partial charge on any atom is 0.323 e. The van der Waals surface area contributed by atoms with Crippen molar-refractivity contribution in [2.75, 3.05) is 25.4 Å². The van der Waals surface area contributed by atoms with Gasteiger partial charge in [0.15, 0.2) is 0 Å². The van der Waals surface area contributed by atoms with E-state index in [0.29, 0.717) is 18.7 Å². The number of rotatable bonds is 9. The summed E-state index contributed by atoms with van der Waals surface area (Å²) < 4.78 is 5.21. The summed E-state index contributed by atoms with van der Waals surface area (Å²) in [6, 6.07) is 13.0. The third-order valence-corrected chi connectivity index (χ3v) is 6.96. The molecule has 2 aromatic rings. The van der Waals surface area contributed by atoms with Crippen LogP contribution in [0.15, 0.2) is 42.5 Å². The second kappa shape index (κ2) is 11.5. The van der Waals surface area contributed by atoms with Gasteiger partial charge in [0.1, 0.15) is 12.6 Å². The van der Waals surface area contributed by atoms with Gasteiger partial charge in [0, 0.05) is 17.5 Å². The number of esters is 1. The van der Waals surface area contributed by atoms with Crippen molar-refractivity contribution in [3.05, 3.63) is 48.0 Å².